The number of amides is 2. The van der Waals surface area contributed by atoms with Crippen LogP contribution in [0.1, 0.15) is 107 Å². The topological polar surface area (TPSA) is 113 Å². The SMILES string of the molecule is C.C=C(N)NCCCC(NC(=O)CC)C(=O)N1CCCCC1.C=CC(=C)C.CC.CC.CCCCN. The van der Waals surface area contributed by atoms with Crippen LogP contribution in [0.25, 0.3) is 0 Å². The normalized spacial score (nSPS) is 11.8. The van der Waals surface area contributed by atoms with Crippen molar-refractivity contribution in [1.82, 2.24) is 15.5 Å². The summed E-state index contributed by atoms with van der Waals surface area (Å²) in [7, 11) is 0. The van der Waals surface area contributed by atoms with Crippen molar-refractivity contribution in [1.29, 1.82) is 0 Å². The molecule has 1 aliphatic rings. The lowest BCUT2D eigenvalue weighted by molar-refractivity contribution is -0.137. The molecule has 1 rings (SSSR count). The van der Waals surface area contributed by atoms with Gasteiger partial charge in [0.25, 0.3) is 0 Å². The van der Waals surface area contributed by atoms with Crippen LogP contribution in [0.3, 0.4) is 0 Å². The highest BCUT2D eigenvalue weighted by atomic mass is 16.2. The molecule has 0 radical (unpaired) electrons. The van der Waals surface area contributed by atoms with E-state index < -0.39 is 6.04 Å². The Morgan fingerprint density at radius 1 is 1.03 bits per heavy atom. The summed E-state index contributed by atoms with van der Waals surface area (Å²) in [6.45, 7) is 27.5. The van der Waals surface area contributed by atoms with E-state index in [1.807, 2.05) is 39.5 Å². The van der Waals surface area contributed by atoms with Crippen LogP contribution in [0.15, 0.2) is 37.2 Å². The minimum absolute atomic E-state index is 0. The van der Waals surface area contributed by atoms with E-state index in [1.54, 1.807) is 13.0 Å². The zero-order valence-corrected chi connectivity index (χ0v) is 24.2. The third-order valence-corrected chi connectivity index (χ3v) is 4.55. The fourth-order valence-electron chi connectivity index (χ4n) is 2.65. The van der Waals surface area contributed by atoms with Crippen LogP contribution < -0.4 is 22.1 Å². The molecule has 0 aromatic heterocycles. The van der Waals surface area contributed by atoms with Gasteiger partial charge < -0.3 is 27.0 Å². The maximum Gasteiger partial charge on any atom is 0.245 e. The van der Waals surface area contributed by atoms with Gasteiger partial charge in [-0.15, -0.1) is 0 Å². The van der Waals surface area contributed by atoms with Gasteiger partial charge in [0.2, 0.25) is 11.8 Å². The van der Waals surface area contributed by atoms with E-state index in [-0.39, 0.29) is 19.2 Å². The third-order valence-electron chi connectivity index (χ3n) is 4.55. The smallest absolute Gasteiger partial charge is 0.245 e. The number of rotatable bonds is 11. The molecule has 0 bridgehead atoms. The van der Waals surface area contributed by atoms with Crippen molar-refractivity contribution in [3.8, 4) is 0 Å². The Morgan fingerprint density at radius 2 is 1.53 bits per heavy atom. The lowest BCUT2D eigenvalue weighted by Gasteiger charge is -2.30. The van der Waals surface area contributed by atoms with Gasteiger partial charge in [-0.1, -0.05) is 86.8 Å². The van der Waals surface area contributed by atoms with Crippen LogP contribution >= 0.6 is 0 Å². The molecule has 1 unspecified atom stereocenters. The first-order valence-electron chi connectivity index (χ1n) is 13.5. The van der Waals surface area contributed by atoms with E-state index in [2.05, 4.69) is 37.3 Å². The van der Waals surface area contributed by atoms with Gasteiger partial charge in [-0.3, -0.25) is 9.59 Å². The number of carbonyl (C=O) groups excluding carboxylic acids is 2. The minimum atomic E-state index is -0.427. The monoisotopic (exact) mass is 513 g/mol. The lowest BCUT2D eigenvalue weighted by Crippen LogP contribution is -2.50. The summed E-state index contributed by atoms with van der Waals surface area (Å²) in [5, 5.41) is 5.77. The molecule has 1 fully saturated rings. The molecule has 2 amide bonds. The molecule has 1 aliphatic heterocycles. The Labute approximate surface area is 225 Å². The Kier molecular flexibility index (Phi) is 42.4. The minimum Gasteiger partial charge on any atom is -0.386 e. The molecule has 1 atom stereocenters. The Hall–Kier alpha value is -2.28. The third kappa shape index (κ3) is 31.7. The molecule has 36 heavy (non-hydrogen) atoms. The lowest BCUT2D eigenvalue weighted by atomic mass is 10.1. The van der Waals surface area contributed by atoms with E-state index in [1.165, 1.54) is 19.3 Å². The Balaban J connectivity index is -0.000000177. The number of hydrogen-bond donors (Lipinski definition) is 4. The number of likely N-dealkylation sites (tertiary alicyclic amines) is 1. The van der Waals surface area contributed by atoms with Gasteiger partial charge in [-0.05, 0) is 52.0 Å². The Morgan fingerprint density at radius 3 is 1.86 bits per heavy atom. The molecule has 1 heterocycles. The van der Waals surface area contributed by atoms with E-state index in [4.69, 9.17) is 11.5 Å². The van der Waals surface area contributed by atoms with Crippen LogP contribution in [0.5, 0.6) is 0 Å². The van der Waals surface area contributed by atoms with Crippen molar-refractivity contribution < 1.29 is 9.59 Å². The molecule has 6 N–H and O–H groups in total. The van der Waals surface area contributed by atoms with E-state index in [0.717, 1.165) is 44.5 Å². The van der Waals surface area contributed by atoms with Crippen LogP contribution in [0.2, 0.25) is 0 Å². The van der Waals surface area contributed by atoms with Gasteiger partial charge in [-0.2, -0.15) is 0 Å². The first-order chi connectivity index (χ1) is 16.7. The van der Waals surface area contributed by atoms with Gasteiger partial charge in [0.05, 0.1) is 5.82 Å². The summed E-state index contributed by atoms with van der Waals surface area (Å²) in [6, 6.07) is -0.427. The van der Waals surface area contributed by atoms with Crippen molar-refractivity contribution in [3.05, 3.63) is 37.2 Å². The maximum absolute atomic E-state index is 12.5. The number of nitrogens with zero attached hydrogens (tertiary/aromatic N) is 1. The van der Waals surface area contributed by atoms with E-state index in [0.29, 0.717) is 25.2 Å². The van der Waals surface area contributed by atoms with Gasteiger partial charge in [-0.25, -0.2) is 0 Å². The number of hydrogen-bond acceptors (Lipinski definition) is 5. The quantitative estimate of drug-likeness (QED) is 0.204. The number of allylic oxidation sites excluding steroid dienone is 2. The summed E-state index contributed by atoms with van der Waals surface area (Å²) < 4.78 is 0. The second kappa shape index (κ2) is 34.9. The molecule has 0 aliphatic carbocycles. The maximum atomic E-state index is 12.5. The van der Waals surface area contributed by atoms with Crippen LogP contribution in [-0.2, 0) is 9.59 Å². The average Bonchev–Trinajstić information content (AvgIpc) is 2.89. The van der Waals surface area contributed by atoms with Crippen LogP contribution in [0.4, 0.5) is 0 Å². The van der Waals surface area contributed by atoms with Crippen LogP contribution in [0, 0.1) is 0 Å². The number of carbonyl (C=O) groups is 2. The summed E-state index contributed by atoms with van der Waals surface area (Å²) in [4.78, 5) is 26.0. The summed E-state index contributed by atoms with van der Waals surface area (Å²) in [5.74, 6) is 0.385. The second-order valence-electron chi connectivity index (χ2n) is 7.65. The molecule has 7 nitrogen and oxygen atoms in total. The van der Waals surface area contributed by atoms with E-state index in [9.17, 15) is 9.59 Å². The van der Waals surface area contributed by atoms with Crippen LogP contribution in [-0.4, -0.2) is 48.9 Å². The summed E-state index contributed by atoms with van der Waals surface area (Å²) >= 11 is 0. The van der Waals surface area contributed by atoms with Crippen molar-refractivity contribution in [2.24, 2.45) is 11.5 Å². The standard InChI is InChI=1S/C15H28N4O2.C5H8.C4H11N.2C2H6.CH4/c1-3-14(20)18-13(8-7-9-17-12(2)16)15(21)19-10-5-4-6-11-19;1-4-5(2)3;1-2-3-4-5;2*1-2;/h13,17H,2-11,16H2,1H3,(H,18,20);4H,1-2H2,3H3;2-5H2,1H3;2*1-2H3;1H4. The van der Waals surface area contributed by atoms with Gasteiger partial charge in [0.1, 0.15) is 6.04 Å². The number of piperidine rings is 1. The fraction of sp³-hybridized carbons (Fsp3) is 0.724. The number of nitrogens with two attached hydrogens (primary N) is 2. The zero-order chi connectivity index (χ0) is 28.1. The number of nitrogens with one attached hydrogen (secondary N) is 2. The first kappa shape index (κ1) is 43.8. The molecule has 216 valence electrons. The second-order valence-corrected chi connectivity index (χ2v) is 7.65. The van der Waals surface area contributed by atoms with E-state index >= 15 is 0 Å². The van der Waals surface area contributed by atoms with Gasteiger partial charge >= 0.3 is 0 Å². The molecule has 1 saturated heterocycles. The highest BCUT2D eigenvalue weighted by Crippen LogP contribution is 2.12. The van der Waals surface area contributed by atoms with Gasteiger partial charge in [0.15, 0.2) is 0 Å². The Bertz CT molecular complexity index is 528. The van der Waals surface area contributed by atoms with Crippen molar-refractivity contribution in [3.63, 3.8) is 0 Å². The number of unbranched alkanes of at least 4 members (excludes halogenated alkanes) is 1. The predicted octanol–water partition coefficient (Wildman–Crippen LogP) is 5.88. The molecular weight excluding hydrogens is 450 g/mol. The molecule has 0 aromatic rings. The van der Waals surface area contributed by atoms with Crippen molar-refractivity contribution in [2.75, 3.05) is 26.2 Å². The average molecular weight is 514 g/mol. The zero-order valence-electron chi connectivity index (χ0n) is 24.2. The molecule has 0 spiro atoms. The highest BCUT2D eigenvalue weighted by Gasteiger charge is 2.26. The first-order valence-corrected chi connectivity index (χ1v) is 13.5. The molecule has 7 heteroatoms. The van der Waals surface area contributed by atoms with Crippen molar-refractivity contribution in [2.45, 2.75) is 113 Å². The largest absolute Gasteiger partial charge is 0.386 e. The fourth-order valence-corrected chi connectivity index (χ4v) is 2.65. The molecule has 0 saturated carbocycles. The summed E-state index contributed by atoms with van der Waals surface area (Å²) in [5.41, 5.74) is 11.6. The summed E-state index contributed by atoms with van der Waals surface area (Å²) in [6.07, 6.45) is 9.14. The predicted molar refractivity (Wildman–Crippen MR) is 162 cm³/mol. The van der Waals surface area contributed by atoms with Crippen molar-refractivity contribution >= 4 is 11.8 Å². The molecule has 0 aromatic carbocycles. The molecular formula is C29H63N5O2. The highest BCUT2D eigenvalue weighted by molar-refractivity contribution is 5.87. The van der Waals surface area contributed by atoms with Gasteiger partial charge in [0, 0.05) is 26.1 Å².